The molecule has 2 heterocycles. The van der Waals surface area contributed by atoms with Crippen molar-refractivity contribution in [3.8, 4) is 0 Å². The van der Waals surface area contributed by atoms with Gasteiger partial charge in [-0.15, -0.1) is 0 Å². The smallest absolute Gasteiger partial charge is 0.131 e. The molecule has 3 atom stereocenters. The molecule has 1 saturated heterocycles. The maximum absolute atomic E-state index is 6.03. The van der Waals surface area contributed by atoms with E-state index in [0.29, 0.717) is 18.1 Å². The van der Waals surface area contributed by atoms with Crippen LogP contribution in [0, 0.1) is 0 Å². The molecule has 26 heavy (non-hydrogen) atoms. The number of methoxy groups -OCH3 is 2. The maximum atomic E-state index is 6.03. The highest BCUT2D eigenvalue weighted by Gasteiger charge is 2.50. The molecule has 4 rings (SSSR count). The molecule has 144 valence electrons. The van der Waals surface area contributed by atoms with Gasteiger partial charge in [0.15, 0.2) is 0 Å². The van der Waals surface area contributed by atoms with Gasteiger partial charge in [-0.05, 0) is 38.5 Å². The second-order valence-corrected chi connectivity index (χ2v) is 8.42. The number of aromatic nitrogens is 2. The summed E-state index contributed by atoms with van der Waals surface area (Å²) in [7, 11) is 3.72. The fraction of sp³-hybridized carbons (Fsp3) is 0.810. The summed E-state index contributed by atoms with van der Waals surface area (Å²) < 4.78 is 11.7. The summed E-state index contributed by atoms with van der Waals surface area (Å²) in [6.45, 7) is 2.00. The van der Waals surface area contributed by atoms with Gasteiger partial charge in [-0.3, -0.25) is 4.90 Å². The highest BCUT2D eigenvalue weighted by molar-refractivity contribution is 5.12. The third-order valence-electron chi connectivity index (χ3n) is 7.07. The third kappa shape index (κ3) is 3.54. The molecule has 0 bridgehead atoms. The van der Waals surface area contributed by atoms with Crippen molar-refractivity contribution in [2.45, 2.75) is 88.0 Å². The average Bonchev–Trinajstić information content (AvgIpc) is 3.07. The van der Waals surface area contributed by atoms with Crippen LogP contribution in [0.1, 0.15) is 75.1 Å². The highest BCUT2D eigenvalue weighted by atomic mass is 16.5. The lowest BCUT2D eigenvalue weighted by Gasteiger charge is -2.43. The van der Waals surface area contributed by atoms with Gasteiger partial charge in [0.05, 0.1) is 11.7 Å². The molecule has 5 heteroatoms. The van der Waals surface area contributed by atoms with Crippen molar-refractivity contribution in [1.29, 1.82) is 0 Å². The molecule has 0 amide bonds. The van der Waals surface area contributed by atoms with Gasteiger partial charge in [0, 0.05) is 57.2 Å². The van der Waals surface area contributed by atoms with Crippen molar-refractivity contribution < 1.29 is 9.47 Å². The summed E-state index contributed by atoms with van der Waals surface area (Å²) in [6, 6.07) is 0.434. The molecule has 2 saturated carbocycles. The quantitative estimate of drug-likeness (QED) is 0.802. The minimum atomic E-state index is 0.0118. The minimum Gasteiger partial charge on any atom is -0.381 e. The van der Waals surface area contributed by atoms with Crippen LogP contribution in [0.5, 0.6) is 0 Å². The Kier molecular flexibility index (Phi) is 5.58. The SMILES string of the molecule is CO[C@H]1CC[C@@]2(OC)CCN(Cc3cnc(C4CCCCC4)nc3)[C@H]2C1. The molecule has 1 aliphatic heterocycles. The molecule has 0 spiro atoms. The lowest BCUT2D eigenvalue weighted by Crippen LogP contribution is -2.51. The van der Waals surface area contributed by atoms with Crippen LogP contribution >= 0.6 is 0 Å². The van der Waals surface area contributed by atoms with E-state index in [1.54, 1.807) is 0 Å². The van der Waals surface area contributed by atoms with Crippen molar-refractivity contribution in [1.82, 2.24) is 14.9 Å². The number of ether oxygens (including phenoxy) is 2. The summed E-state index contributed by atoms with van der Waals surface area (Å²) in [4.78, 5) is 12.0. The van der Waals surface area contributed by atoms with Crippen LogP contribution in [0.2, 0.25) is 0 Å². The molecule has 0 unspecified atom stereocenters. The highest BCUT2D eigenvalue weighted by Crippen LogP contribution is 2.43. The average molecular weight is 360 g/mol. The van der Waals surface area contributed by atoms with Crippen molar-refractivity contribution >= 4 is 0 Å². The normalized spacial score (nSPS) is 33.3. The summed E-state index contributed by atoms with van der Waals surface area (Å²) in [6.07, 6.45) is 15.4. The Morgan fingerprint density at radius 1 is 1.08 bits per heavy atom. The van der Waals surface area contributed by atoms with Gasteiger partial charge < -0.3 is 9.47 Å². The number of likely N-dealkylation sites (tertiary alicyclic amines) is 1. The Bertz CT molecular complexity index is 587. The molecule has 0 N–H and O–H groups in total. The maximum Gasteiger partial charge on any atom is 0.131 e. The van der Waals surface area contributed by atoms with Gasteiger partial charge in [0.1, 0.15) is 5.82 Å². The lowest BCUT2D eigenvalue weighted by molar-refractivity contribution is -0.0947. The second-order valence-electron chi connectivity index (χ2n) is 8.42. The van der Waals surface area contributed by atoms with Crippen LogP contribution in [0.3, 0.4) is 0 Å². The summed E-state index contributed by atoms with van der Waals surface area (Å²) in [5, 5.41) is 0. The molecule has 1 aromatic rings. The summed E-state index contributed by atoms with van der Waals surface area (Å²) in [5.41, 5.74) is 1.23. The Morgan fingerprint density at radius 3 is 2.54 bits per heavy atom. The van der Waals surface area contributed by atoms with Crippen LogP contribution in [-0.2, 0) is 16.0 Å². The predicted octanol–water partition coefficient (Wildman–Crippen LogP) is 3.68. The van der Waals surface area contributed by atoms with Crippen LogP contribution in [-0.4, -0.2) is 53.4 Å². The summed E-state index contributed by atoms with van der Waals surface area (Å²) in [5.74, 6) is 1.63. The lowest BCUT2D eigenvalue weighted by atomic mass is 9.79. The van der Waals surface area contributed by atoms with Gasteiger partial charge >= 0.3 is 0 Å². The molecule has 0 aromatic carbocycles. The Hall–Kier alpha value is -1.04. The molecule has 3 fully saturated rings. The van der Waals surface area contributed by atoms with Crippen LogP contribution in [0.15, 0.2) is 12.4 Å². The zero-order chi connectivity index (χ0) is 18.0. The first-order chi connectivity index (χ1) is 12.7. The van der Waals surface area contributed by atoms with E-state index in [9.17, 15) is 0 Å². The van der Waals surface area contributed by atoms with E-state index in [0.717, 1.165) is 44.6 Å². The van der Waals surface area contributed by atoms with Crippen LogP contribution in [0.4, 0.5) is 0 Å². The molecular weight excluding hydrogens is 326 g/mol. The first-order valence-electron chi connectivity index (χ1n) is 10.4. The van der Waals surface area contributed by atoms with Crippen molar-refractivity contribution in [2.24, 2.45) is 0 Å². The largest absolute Gasteiger partial charge is 0.381 e. The molecule has 2 aliphatic carbocycles. The second kappa shape index (κ2) is 7.91. The van der Waals surface area contributed by atoms with Crippen molar-refractivity contribution in [2.75, 3.05) is 20.8 Å². The Balaban J connectivity index is 1.43. The molecule has 1 aromatic heterocycles. The number of rotatable bonds is 5. The zero-order valence-electron chi connectivity index (χ0n) is 16.3. The number of hydrogen-bond donors (Lipinski definition) is 0. The van der Waals surface area contributed by atoms with Gasteiger partial charge in [-0.2, -0.15) is 0 Å². The predicted molar refractivity (Wildman–Crippen MR) is 101 cm³/mol. The topological polar surface area (TPSA) is 47.5 Å². The molecular formula is C21H33N3O2. The van der Waals surface area contributed by atoms with E-state index in [-0.39, 0.29) is 5.60 Å². The summed E-state index contributed by atoms with van der Waals surface area (Å²) >= 11 is 0. The van der Waals surface area contributed by atoms with Crippen molar-refractivity contribution in [3.05, 3.63) is 23.8 Å². The van der Waals surface area contributed by atoms with Crippen molar-refractivity contribution in [3.63, 3.8) is 0 Å². The van der Waals surface area contributed by atoms with Crippen LogP contribution < -0.4 is 0 Å². The van der Waals surface area contributed by atoms with Gasteiger partial charge in [0.25, 0.3) is 0 Å². The standard InChI is InChI=1S/C21H33N3O2/c1-25-18-8-9-21(26-2)10-11-24(19(21)12-18)15-16-13-22-20(23-14-16)17-6-4-3-5-7-17/h13-14,17-19H,3-12,15H2,1-2H3/t18-,19-,21+/m0/s1. The van der Waals surface area contributed by atoms with Gasteiger partial charge in [0.2, 0.25) is 0 Å². The number of fused-ring (bicyclic) bond motifs is 1. The molecule has 3 aliphatic rings. The monoisotopic (exact) mass is 359 g/mol. The van der Waals surface area contributed by atoms with Crippen LogP contribution in [0.25, 0.3) is 0 Å². The van der Waals surface area contributed by atoms with Gasteiger partial charge in [-0.25, -0.2) is 9.97 Å². The van der Waals surface area contributed by atoms with E-state index < -0.39 is 0 Å². The first-order valence-corrected chi connectivity index (χ1v) is 10.4. The van der Waals surface area contributed by atoms with E-state index in [2.05, 4.69) is 17.3 Å². The fourth-order valence-corrected chi connectivity index (χ4v) is 5.41. The van der Waals surface area contributed by atoms with E-state index in [1.165, 1.54) is 37.7 Å². The number of nitrogens with zero attached hydrogens (tertiary/aromatic N) is 3. The zero-order valence-corrected chi connectivity index (χ0v) is 16.3. The molecule has 5 nitrogen and oxygen atoms in total. The molecule has 0 radical (unpaired) electrons. The Labute approximate surface area is 157 Å². The number of hydrogen-bond acceptors (Lipinski definition) is 5. The fourth-order valence-electron chi connectivity index (χ4n) is 5.41. The third-order valence-corrected chi connectivity index (χ3v) is 7.07. The van der Waals surface area contributed by atoms with Gasteiger partial charge in [-0.1, -0.05) is 19.3 Å². The van der Waals surface area contributed by atoms with E-state index in [1.807, 2.05) is 14.2 Å². The minimum absolute atomic E-state index is 0.0118. The van der Waals surface area contributed by atoms with E-state index in [4.69, 9.17) is 19.4 Å². The first kappa shape index (κ1) is 18.3. The van der Waals surface area contributed by atoms with E-state index >= 15 is 0 Å². The Morgan fingerprint density at radius 2 is 1.85 bits per heavy atom.